The normalized spacial score (nSPS) is 24.3. The lowest BCUT2D eigenvalue weighted by Gasteiger charge is -2.46. The molecular formula is C18H26N4O2. The van der Waals surface area contributed by atoms with Gasteiger partial charge in [0.25, 0.3) is 0 Å². The summed E-state index contributed by atoms with van der Waals surface area (Å²) in [6, 6.07) is 7.45. The number of hydrogen-bond acceptors (Lipinski definition) is 3. The third kappa shape index (κ3) is 3.70. The van der Waals surface area contributed by atoms with E-state index in [2.05, 4.69) is 17.3 Å². The molecule has 3 amide bonds. The Labute approximate surface area is 143 Å². The molecule has 0 bridgehead atoms. The number of urea groups is 1. The van der Waals surface area contributed by atoms with Gasteiger partial charge < -0.3 is 20.9 Å². The molecule has 0 spiro atoms. The van der Waals surface area contributed by atoms with Crippen molar-refractivity contribution < 1.29 is 9.59 Å². The number of primary amides is 1. The standard InChI is InChI=1S/C18H26N4O2/c1-21-9-7-16-15(12-21)6-3-8-22(16)18(24)20-11-13-4-2-5-14(10-13)17(19)23/h2,4-5,10,15-16H,3,6-9,11-12H2,1H3,(H2,19,23)(H,20,24)/t15-,16+/m1/s1. The van der Waals surface area contributed by atoms with Crippen molar-refractivity contribution in [2.75, 3.05) is 26.7 Å². The first-order valence-corrected chi connectivity index (χ1v) is 8.66. The zero-order valence-corrected chi connectivity index (χ0v) is 14.2. The summed E-state index contributed by atoms with van der Waals surface area (Å²) in [5, 5.41) is 3.00. The first-order valence-electron chi connectivity index (χ1n) is 8.66. The Bertz CT molecular complexity index is 619. The summed E-state index contributed by atoms with van der Waals surface area (Å²) in [6.07, 6.45) is 3.32. The van der Waals surface area contributed by atoms with E-state index in [0.717, 1.165) is 38.0 Å². The zero-order valence-electron chi connectivity index (χ0n) is 14.2. The molecule has 2 aliphatic rings. The lowest BCUT2D eigenvalue weighted by Crippen LogP contribution is -2.57. The second-order valence-corrected chi connectivity index (χ2v) is 6.94. The van der Waals surface area contributed by atoms with E-state index in [1.54, 1.807) is 18.2 Å². The number of likely N-dealkylation sites (tertiary alicyclic amines) is 2. The second-order valence-electron chi connectivity index (χ2n) is 6.94. The van der Waals surface area contributed by atoms with E-state index >= 15 is 0 Å². The van der Waals surface area contributed by atoms with Gasteiger partial charge in [-0.3, -0.25) is 4.79 Å². The topological polar surface area (TPSA) is 78.7 Å². The van der Waals surface area contributed by atoms with Crippen molar-refractivity contribution in [2.45, 2.75) is 31.8 Å². The highest BCUT2D eigenvalue weighted by molar-refractivity contribution is 5.92. The zero-order chi connectivity index (χ0) is 17.1. The summed E-state index contributed by atoms with van der Waals surface area (Å²) in [5.74, 6) is 0.134. The molecule has 130 valence electrons. The summed E-state index contributed by atoms with van der Waals surface area (Å²) in [5.41, 5.74) is 6.65. The van der Waals surface area contributed by atoms with Gasteiger partial charge in [-0.1, -0.05) is 12.1 Å². The molecule has 2 heterocycles. The number of amides is 3. The molecule has 0 radical (unpaired) electrons. The van der Waals surface area contributed by atoms with Gasteiger partial charge in [0.2, 0.25) is 5.91 Å². The predicted molar refractivity (Wildman–Crippen MR) is 92.5 cm³/mol. The Morgan fingerprint density at radius 3 is 2.92 bits per heavy atom. The first-order chi connectivity index (χ1) is 11.5. The van der Waals surface area contributed by atoms with Crippen LogP contribution in [0.1, 0.15) is 35.2 Å². The molecule has 24 heavy (non-hydrogen) atoms. The molecule has 3 rings (SSSR count). The number of rotatable bonds is 3. The van der Waals surface area contributed by atoms with Crippen molar-refractivity contribution in [3.63, 3.8) is 0 Å². The number of piperidine rings is 2. The van der Waals surface area contributed by atoms with E-state index in [4.69, 9.17) is 5.73 Å². The molecule has 1 aromatic rings. The minimum Gasteiger partial charge on any atom is -0.366 e. The molecule has 6 nitrogen and oxygen atoms in total. The average molecular weight is 330 g/mol. The van der Waals surface area contributed by atoms with Crippen LogP contribution in [0, 0.1) is 5.92 Å². The smallest absolute Gasteiger partial charge is 0.317 e. The Morgan fingerprint density at radius 2 is 2.12 bits per heavy atom. The highest BCUT2D eigenvalue weighted by Gasteiger charge is 2.37. The van der Waals surface area contributed by atoms with Crippen molar-refractivity contribution >= 4 is 11.9 Å². The maximum absolute atomic E-state index is 12.6. The third-order valence-electron chi connectivity index (χ3n) is 5.19. The number of nitrogens with two attached hydrogens (primary N) is 1. The monoisotopic (exact) mass is 330 g/mol. The second kappa shape index (κ2) is 7.21. The fourth-order valence-corrected chi connectivity index (χ4v) is 3.95. The summed E-state index contributed by atoms with van der Waals surface area (Å²) < 4.78 is 0. The van der Waals surface area contributed by atoms with Crippen LogP contribution in [-0.2, 0) is 6.54 Å². The fourth-order valence-electron chi connectivity index (χ4n) is 3.95. The average Bonchev–Trinajstić information content (AvgIpc) is 2.59. The van der Waals surface area contributed by atoms with Crippen LogP contribution in [0.2, 0.25) is 0 Å². The molecule has 2 fully saturated rings. The van der Waals surface area contributed by atoms with E-state index in [1.807, 2.05) is 11.0 Å². The lowest BCUT2D eigenvalue weighted by atomic mass is 9.84. The molecule has 0 saturated carbocycles. The van der Waals surface area contributed by atoms with E-state index in [0.29, 0.717) is 24.1 Å². The molecule has 0 aliphatic carbocycles. The predicted octanol–water partition coefficient (Wildman–Crippen LogP) is 1.41. The van der Waals surface area contributed by atoms with Crippen molar-refractivity contribution in [3.05, 3.63) is 35.4 Å². The van der Waals surface area contributed by atoms with Crippen LogP contribution >= 0.6 is 0 Å². The molecule has 0 unspecified atom stereocenters. The fraction of sp³-hybridized carbons (Fsp3) is 0.556. The number of benzene rings is 1. The van der Waals surface area contributed by atoms with Gasteiger partial charge in [-0.2, -0.15) is 0 Å². The summed E-state index contributed by atoms with van der Waals surface area (Å²) in [6.45, 7) is 3.37. The van der Waals surface area contributed by atoms with Crippen LogP contribution in [0.5, 0.6) is 0 Å². The Morgan fingerprint density at radius 1 is 1.29 bits per heavy atom. The van der Waals surface area contributed by atoms with E-state index < -0.39 is 5.91 Å². The van der Waals surface area contributed by atoms with Crippen molar-refractivity contribution in [1.82, 2.24) is 15.1 Å². The summed E-state index contributed by atoms with van der Waals surface area (Å²) in [4.78, 5) is 28.3. The summed E-state index contributed by atoms with van der Waals surface area (Å²) >= 11 is 0. The number of nitrogens with zero attached hydrogens (tertiary/aromatic N) is 2. The minimum absolute atomic E-state index is 0.00117. The van der Waals surface area contributed by atoms with Gasteiger partial charge >= 0.3 is 6.03 Å². The highest BCUT2D eigenvalue weighted by Crippen LogP contribution is 2.30. The molecule has 2 atom stereocenters. The van der Waals surface area contributed by atoms with E-state index in [9.17, 15) is 9.59 Å². The minimum atomic E-state index is -0.451. The van der Waals surface area contributed by atoms with Crippen LogP contribution in [0.15, 0.2) is 24.3 Å². The van der Waals surface area contributed by atoms with Gasteiger partial charge in [-0.15, -0.1) is 0 Å². The van der Waals surface area contributed by atoms with Gasteiger partial charge in [-0.25, -0.2) is 4.79 Å². The SMILES string of the molecule is CN1CC[C@H]2[C@H](CCCN2C(=O)NCc2cccc(C(N)=O)c2)C1. The Balaban J connectivity index is 1.60. The van der Waals surface area contributed by atoms with Gasteiger partial charge in [0.15, 0.2) is 0 Å². The molecule has 2 aliphatic heterocycles. The number of hydrogen-bond donors (Lipinski definition) is 2. The van der Waals surface area contributed by atoms with E-state index in [1.165, 1.54) is 6.42 Å². The largest absolute Gasteiger partial charge is 0.366 e. The van der Waals surface area contributed by atoms with Crippen molar-refractivity contribution in [1.29, 1.82) is 0 Å². The summed E-state index contributed by atoms with van der Waals surface area (Å²) in [7, 11) is 2.15. The molecular weight excluding hydrogens is 304 g/mol. The third-order valence-corrected chi connectivity index (χ3v) is 5.19. The van der Waals surface area contributed by atoms with Crippen LogP contribution in [-0.4, -0.2) is 54.5 Å². The molecule has 0 aromatic heterocycles. The van der Waals surface area contributed by atoms with Crippen LogP contribution in [0.4, 0.5) is 4.79 Å². The first kappa shape index (κ1) is 16.8. The number of carbonyl (C=O) groups excluding carboxylic acids is 2. The van der Waals surface area contributed by atoms with Crippen LogP contribution in [0.25, 0.3) is 0 Å². The quantitative estimate of drug-likeness (QED) is 0.879. The van der Waals surface area contributed by atoms with Crippen molar-refractivity contribution in [2.24, 2.45) is 11.7 Å². The maximum Gasteiger partial charge on any atom is 0.317 e. The van der Waals surface area contributed by atoms with Gasteiger partial charge in [0, 0.05) is 31.2 Å². The van der Waals surface area contributed by atoms with Gasteiger partial charge in [-0.05, 0) is 56.5 Å². The van der Waals surface area contributed by atoms with Gasteiger partial charge in [0.05, 0.1) is 0 Å². The Hall–Kier alpha value is -2.08. The molecule has 3 N–H and O–H groups in total. The van der Waals surface area contributed by atoms with E-state index in [-0.39, 0.29) is 6.03 Å². The Kier molecular flexibility index (Phi) is 5.04. The van der Waals surface area contributed by atoms with Crippen molar-refractivity contribution in [3.8, 4) is 0 Å². The number of nitrogens with one attached hydrogen (secondary N) is 1. The van der Waals surface area contributed by atoms with Crippen LogP contribution in [0.3, 0.4) is 0 Å². The molecule has 6 heteroatoms. The lowest BCUT2D eigenvalue weighted by molar-refractivity contribution is 0.0532. The highest BCUT2D eigenvalue weighted by atomic mass is 16.2. The number of fused-ring (bicyclic) bond motifs is 1. The van der Waals surface area contributed by atoms with Gasteiger partial charge in [0.1, 0.15) is 0 Å². The maximum atomic E-state index is 12.6. The number of carbonyl (C=O) groups is 2. The van der Waals surface area contributed by atoms with Crippen LogP contribution < -0.4 is 11.1 Å². The molecule has 2 saturated heterocycles. The molecule has 1 aromatic carbocycles.